The average molecular weight is 573 g/mol. The summed E-state index contributed by atoms with van der Waals surface area (Å²) < 4.78 is 11.2. The predicted molar refractivity (Wildman–Crippen MR) is 164 cm³/mol. The number of anilines is 1. The summed E-state index contributed by atoms with van der Waals surface area (Å²) in [4.78, 5) is 31.5. The van der Waals surface area contributed by atoms with Crippen molar-refractivity contribution in [3.8, 4) is 0 Å². The van der Waals surface area contributed by atoms with Gasteiger partial charge in [0.1, 0.15) is 8.07 Å². The second kappa shape index (κ2) is 12.0. The number of carbonyl (C=O) groups is 2. The molecule has 1 fully saturated rings. The summed E-state index contributed by atoms with van der Waals surface area (Å²) in [5.41, 5.74) is 5.12. The summed E-state index contributed by atoms with van der Waals surface area (Å²) in [7, 11) is -2.31. The molecule has 0 bridgehead atoms. The van der Waals surface area contributed by atoms with E-state index in [1.54, 1.807) is 0 Å². The molecule has 0 radical (unpaired) electrons. The lowest BCUT2D eigenvalue weighted by Crippen LogP contribution is -2.50. The van der Waals surface area contributed by atoms with Crippen molar-refractivity contribution in [1.82, 2.24) is 0 Å². The highest BCUT2D eigenvalue weighted by Crippen LogP contribution is 2.43. The lowest BCUT2D eigenvalue weighted by molar-refractivity contribution is 0.0681. The maximum atomic E-state index is 12.4. The number of allylic oxidation sites excluding steroid dienone is 5. The third-order valence-corrected chi connectivity index (χ3v) is 11.4. The van der Waals surface area contributed by atoms with Crippen molar-refractivity contribution in [2.75, 3.05) is 51.0 Å². The molecular formula is C32H36N2O6Si. The number of hydrogen-bond donors (Lipinski definition) is 2. The molecule has 0 amide bonds. The van der Waals surface area contributed by atoms with E-state index >= 15 is 0 Å². The standard InChI is InChI=1S/C32H36N2O6Si/c1-4-14-39-15-11-33-22-6-9-25-28(19-22)41(2,3)29-20-23(34-12-16-40-17-13-34)7-10-26(29)30(25)27-18-21(31(35)36)5-8-24(27)32(37)38/h5-10,18-20H,4,11-17H2,1-3H3,(H,35,36)(H,37,38)/b33-22+. The van der Waals surface area contributed by atoms with Crippen LogP contribution in [0.2, 0.25) is 13.1 Å². The summed E-state index contributed by atoms with van der Waals surface area (Å²) in [5.74, 6) is -2.20. The van der Waals surface area contributed by atoms with Crippen molar-refractivity contribution in [2.24, 2.45) is 4.99 Å². The van der Waals surface area contributed by atoms with Gasteiger partial charge in [0, 0.05) is 25.4 Å². The van der Waals surface area contributed by atoms with E-state index in [1.807, 2.05) is 12.2 Å². The molecule has 9 heteroatoms. The van der Waals surface area contributed by atoms with Gasteiger partial charge in [0.15, 0.2) is 0 Å². The van der Waals surface area contributed by atoms with E-state index in [4.69, 9.17) is 14.5 Å². The van der Waals surface area contributed by atoms with Crippen molar-refractivity contribution in [2.45, 2.75) is 26.4 Å². The van der Waals surface area contributed by atoms with Crippen LogP contribution in [-0.4, -0.2) is 82.0 Å². The molecule has 3 aliphatic rings. The molecule has 214 valence electrons. The normalized spacial score (nSPS) is 18.7. The van der Waals surface area contributed by atoms with Crippen molar-refractivity contribution in [1.29, 1.82) is 0 Å². The SMILES string of the molecule is CCCOCC/N=C1\C=CC2=C(c3cc(C(=O)O)ccc3C(=O)O)c3ccc(N4CCOCC4)cc3[Si](C)(C)C2=C1. The fraction of sp³-hybridized carbons (Fsp3) is 0.344. The fourth-order valence-corrected chi connectivity index (χ4v) is 8.86. The number of aliphatic imine (C=N–C) groups is 1. The van der Waals surface area contributed by atoms with Crippen LogP contribution in [0.1, 0.15) is 45.2 Å². The third-order valence-electron chi connectivity index (χ3n) is 7.91. The molecule has 2 aliphatic heterocycles. The van der Waals surface area contributed by atoms with E-state index in [0.29, 0.717) is 38.5 Å². The van der Waals surface area contributed by atoms with Crippen LogP contribution < -0.4 is 10.1 Å². The number of rotatable bonds is 9. The van der Waals surface area contributed by atoms with Crippen LogP contribution in [0.3, 0.4) is 0 Å². The molecule has 0 unspecified atom stereocenters. The van der Waals surface area contributed by atoms with Crippen LogP contribution in [0, 0.1) is 0 Å². The number of fused-ring (bicyclic) bond motifs is 2. The van der Waals surface area contributed by atoms with Gasteiger partial charge in [-0.1, -0.05) is 32.2 Å². The van der Waals surface area contributed by atoms with E-state index in [9.17, 15) is 19.8 Å². The summed E-state index contributed by atoms with van der Waals surface area (Å²) in [6, 6.07) is 10.7. The Balaban J connectivity index is 1.71. The van der Waals surface area contributed by atoms with Crippen molar-refractivity contribution in [3.05, 3.63) is 87.6 Å². The minimum atomic E-state index is -2.31. The Morgan fingerprint density at radius 2 is 1.78 bits per heavy atom. The molecule has 41 heavy (non-hydrogen) atoms. The minimum Gasteiger partial charge on any atom is -0.478 e. The summed E-state index contributed by atoms with van der Waals surface area (Å²) in [6.45, 7) is 11.5. The van der Waals surface area contributed by atoms with Gasteiger partial charge in [-0.25, -0.2) is 9.59 Å². The average Bonchev–Trinajstić information content (AvgIpc) is 2.97. The molecule has 1 aliphatic carbocycles. The number of carboxylic acids is 2. The largest absolute Gasteiger partial charge is 0.478 e. The minimum absolute atomic E-state index is 0.0475. The zero-order chi connectivity index (χ0) is 29.1. The molecule has 8 nitrogen and oxygen atoms in total. The highest BCUT2D eigenvalue weighted by Gasteiger charge is 2.40. The smallest absolute Gasteiger partial charge is 0.336 e. The van der Waals surface area contributed by atoms with Gasteiger partial charge in [0.2, 0.25) is 0 Å². The Labute approximate surface area is 241 Å². The lowest BCUT2D eigenvalue weighted by atomic mass is 9.86. The first kappa shape index (κ1) is 28.7. The second-order valence-electron chi connectivity index (χ2n) is 10.9. The molecule has 0 aromatic heterocycles. The van der Waals surface area contributed by atoms with Crippen LogP contribution in [0.15, 0.2) is 70.4 Å². The highest BCUT2D eigenvalue weighted by atomic mass is 28.3. The van der Waals surface area contributed by atoms with Gasteiger partial charge >= 0.3 is 11.9 Å². The number of hydrogen-bond acceptors (Lipinski definition) is 6. The van der Waals surface area contributed by atoms with Gasteiger partial charge in [0.25, 0.3) is 0 Å². The van der Waals surface area contributed by atoms with Crippen molar-refractivity contribution < 1.29 is 29.3 Å². The van der Waals surface area contributed by atoms with Gasteiger partial charge in [-0.2, -0.15) is 0 Å². The van der Waals surface area contributed by atoms with E-state index in [1.165, 1.54) is 23.4 Å². The number of ether oxygens (including phenoxy) is 2. The molecule has 2 aromatic rings. The summed E-state index contributed by atoms with van der Waals surface area (Å²) in [6.07, 6.45) is 7.07. The summed E-state index contributed by atoms with van der Waals surface area (Å²) >= 11 is 0. The number of aromatic carboxylic acids is 2. The molecule has 0 atom stereocenters. The highest BCUT2D eigenvalue weighted by molar-refractivity contribution is 6.98. The maximum absolute atomic E-state index is 12.4. The lowest BCUT2D eigenvalue weighted by Gasteiger charge is -2.39. The zero-order valence-electron chi connectivity index (χ0n) is 23.8. The van der Waals surface area contributed by atoms with Crippen molar-refractivity contribution in [3.63, 3.8) is 0 Å². The molecular weight excluding hydrogens is 536 g/mol. The quantitative estimate of drug-likeness (QED) is 0.335. The number of nitrogens with zero attached hydrogens (tertiary/aromatic N) is 2. The van der Waals surface area contributed by atoms with Crippen LogP contribution >= 0.6 is 0 Å². The molecule has 0 saturated carbocycles. The Kier molecular flexibility index (Phi) is 8.39. The van der Waals surface area contributed by atoms with Crippen molar-refractivity contribution >= 4 is 42.2 Å². The monoisotopic (exact) mass is 572 g/mol. The first-order chi connectivity index (χ1) is 19.7. The van der Waals surface area contributed by atoms with Gasteiger partial charge in [-0.05, 0) is 81.6 Å². The molecule has 0 spiro atoms. The third kappa shape index (κ3) is 5.70. The Hall–Kier alpha value is -3.79. The predicted octanol–water partition coefficient (Wildman–Crippen LogP) is 4.55. The fourth-order valence-electron chi connectivity index (χ4n) is 5.79. The molecule has 5 rings (SSSR count). The van der Waals surface area contributed by atoms with Crippen LogP contribution in [0.5, 0.6) is 0 Å². The molecule has 1 saturated heterocycles. The van der Waals surface area contributed by atoms with Gasteiger partial charge in [0.05, 0.1) is 43.2 Å². The topological polar surface area (TPSA) is 109 Å². The second-order valence-corrected chi connectivity index (χ2v) is 15.3. The zero-order valence-corrected chi connectivity index (χ0v) is 24.8. The maximum Gasteiger partial charge on any atom is 0.336 e. The van der Waals surface area contributed by atoms with E-state index in [0.717, 1.165) is 52.8 Å². The van der Waals surface area contributed by atoms with Crippen LogP contribution in [0.4, 0.5) is 5.69 Å². The Morgan fingerprint density at radius 3 is 2.49 bits per heavy atom. The summed E-state index contributed by atoms with van der Waals surface area (Å²) in [5, 5.41) is 22.3. The molecule has 2 N–H and O–H groups in total. The van der Waals surface area contributed by atoms with E-state index in [2.05, 4.69) is 49.2 Å². The van der Waals surface area contributed by atoms with E-state index < -0.39 is 20.0 Å². The van der Waals surface area contributed by atoms with Gasteiger partial charge in [-0.15, -0.1) is 0 Å². The Morgan fingerprint density at radius 1 is 1.00 bits per heavy atom. The van der Waals surface area contributed by atoms with Crippen LogP contribution in [-0.2, 0) is 9.47 Å². The number of carboxylic acid groups (broad SMARTS) is 2. The first-order valence-corrected chi connectivity index (χ1v) is 17.1. The number of benzene rings is 2. The molecule has 2 aromatic carbocycles. The first-order valence-electron chi connectivity index (χ1n) is 14.1. The van der Waals surface area contributed by atoms with E-state index in [-0.39, 0.29) is 11.1 Å². The molecule has 2 heterocycles. The van der Waals surface area contributed by atoms with Gasteiger partial charge < -0.3 is 24.6 Å². The van der Waals surface area contributed by atoms with Crippen LogP contribution in [0.25, 0.3) is 5.57 Å². The Bertz CT molecular complexity index is 1500. The number of morpholine rings is 1. The van der Waals surface area contributed by atoms with Gasteiger partial charge in [-0.3, -0.25) is 4.99 Å².